The fourth-order valence-corrected chi connectivity index (χ4v) is 5.57. The molecule has 0 radical (unpaired) electrons. The third kappa shape index (κ3) is 5.57. The molecule has 8 heteroatoms. The van der Waals surface area contributed by atoms with Gasteiger partial charge >= 0.3 is 0 Å². The molecule has 2 aromatic carbocycles. The Hall–Kier alpha value is -2.42. The second-order valence-electron chi connectivity index (χ2n) is 8.89. The van der Waals surface area contributed by atoms with Gasteiger partial charge in [-0.15, -0.1) is 0 Å². The van der Waals surface area contributed by atoms with E-state index in [9.17, 15) is 13.2 Å². The first-order chi connectivity index (χ1) is 15.8. The molecule has 0 N–H and O–H groups in total. The van der Waals surface area contributed by atoms with Gasteiger partial charge in [0.05, 0.1) is 11.0 Å². The van der Waals surface area contributed by atoms with Gasteiger partial charge in [-0.1, -0.05) is 26.0 Å². The maximum absolute atomic E-state index is 13.0. The summed E-state index contributed by atoms with van der Waals surface area (Å²) in [5, 5.41) is 0. The first-order valence-corrected chi connectivity index (χ1v) is 13.0. The van der Waals surface area contributed by atoms with Crippen LogP contribution in [0.1, 0.15) is 48.5 Å². The Labute approximate surface area is 196 Å². The first kappa shape index (κ1) is 23.7. The predicted molar refractivity (Wildman–Crippen MR) is 126 cm³/mol. The van der Waals surface area contributed by atoms with E-state index in [4.69, 9.17) is 9.47 Å². The van der Waals surface area contributed by atoms with E-state index >= 15 is 0 Å². The number of carbonyl (C=O) groups excluding carboxylic acids is 1. The number of hydrogen-bond donors (Lipinski definition) is 0. The lowest BCUT2D eigenvalue weighted by molar-refractivity contribution is 0.0676. The number of carbonyl (C=O) groups is 1. The number of piperazine rings is 1. The van der Waals surface area contributed by atoms with Crippen LogP contribution in [0.2, 0.25) is 0 Å². The van der Waals surface area contributed by atoms with Crippen molar-refractivity contribution in [2.24, 2.45) is 0 Å². The van der Waals surface area contributed by atoms with Crippen LogP contribution in [0.15, 0.2) is 53.4 Å². The van der Waals surface area contributed by atoms with Crippen molar-refractivity contribution in [2.75, 3.05) is 39.4 Å². The Kier molecular flexibility index (Phi) is 7.36. The number of sulfonamides is 1. The SMILES string of the molecule is CC(C)c1ccc(S(=O)(=O)N2CCN(C(=O)c3ccc(OC[C@H]4CCCO4)cc3)CC2)cc1. The Morgan fingerprint density at radius 3 is 2.27 bits per heavy atom. The summed E-state index contributed by atoms with van der Waals surface area (Å²) in [6.45, 7) is 6.74. The number of ether oxygens (including phenoxy) is 2. The van der Waals surface area contributed by atoms with E-state index in [2.05, 4.69) is 13.8 Å². The van der Waals surface area contributed by atoms with Gasteiger partial charge in [-0.3, -0.25) is 4.79 Å². The fourth-order valence-electron chi connectivity index (χ4n) is 4.15. The lowest BCUT2D eigenvalue weighted by Gasteiger charge is -2.34. The maximum Gasteiger partial charge on any atom is 0.253 e. The zero-order valence-corrected chi connectivity index (χ0v) is 20.1. The van der Waals surface area contributed by atoms with Gasteiger partial charge in [0.25, 0.3) is 5.91 Å². The zero-order valence-electron chi connectivity index (χ0n) is 19.3. The summed E-state index contributed by atoms with van der Waals surface area (Å²) in [7, 11) is -3.57. The number of nitrogens with zero attached hydrogens (tertiary/aromatic N) is 2. The standard InChI is InChI=1S/C25H32N2O5S/c1-19(2)20-7-11-24(12-8-20)33(29,30)27-15-13-26(14-16-27)25(28)21-5-9-22(10-6-21)32-18-23-4-3-17-31-23/h5-12,19,23H,3-4,13-18H2,1-2H3/t23-/m1/s1. The summed E-state index contributed by atoms with van der Waals surface area (Å²) in [5.41, 5.74) is 1.67. The van der Waals surface area contributed by atoms with Gasteiger partial charge in [0.15, 0.2) is 0 Å². The number of rotatable bonds is 7. The molecule has 0 aliphatic carbocycles. The lowest BCUT2D eigenvalue weighted by atomic mass is 10.0. The quantitative estimate of drug-likeness (QED) is 0.616. The van der Waals surface area contributed by atoms with E-state index in [-0.39, 0.29) is 25.1 Å². The minimum atomic E-state index is -3.57. The van der Waals surface area contributed by atoms with Crippen molar-refractivity contribution in [1.29, 1.82) is 0 Å². The fraction of sp³-hybridized carbons (Fsp3) is 0.480. The molecule has 1 amide bonds. The number of hydrogen-bond acceptors (Lipinski definition) is 5. The molecule has 0 bridgehead atoms. The highest BCUT2D eigenvalue weighted by molar-refractivity contribution is 7.89. The minimum Gasteiger partial charge on any atom is -0.491 e. The normalized spacial score (nSPS) is 19.7. The molecular weight excluding hydrogens is 440 g/mol. The van der Waals surface area contributed by atoms with Gasteiger partial charge < -0.3 is 14.4 Å². The van der Waals surface area contributed by atoms with Crippen LogP contribution in [0.3, 0.4) is 0 Å². The van der Waals surface area contributed by atoms with Crippen molar-refractivity contribution in [3.8, 4) is 5.75 Å². The van der Waals surface area contributed by atoms with Gasteiger partial charge in [0, 0.05) is 38.3 Å². The molecule has 0 unspecified atom stereocenters. The Morgan fingerprint density at radius 2 is 1.70 bits per heavy atom. The topological polar surface area (TPSA) is 76.2 Å². The molecule has 0 spiro atoms. The largest absolute Gasteiger partial charge is 0.491 e. The molecule has 0 aromatic heterocycles. The summed E-state index contributed by atoms with van der Waals surface area (Å²) < 4.78 is 38.8. The smallest absolute Gasteiger partial charge is 0.253 e. The van der Waals surface area contributed by atoms with E-state index in [1.54, 1.807) is 41.3 Å². The molecule has 2 fully saturated rings. The summed E-state index contributed by atoms with van der Waals surface area (Å²) in [6, 6.07) is 14.2. The van der Waals surface area contributed by atoms with Crippen molar-refractivity contribution in [3.63, 3.8) is 0 Å². The van der Waals surface area contributed by atoms with E-state index in [0.29, 0.717) is 41.8 Å². The van der Waals surface area contributed by atoms with Crippen LogP contribution >= 0.6 is 0 Å². The van der Waals surface area contributed by atoms with Crippen LogP contribution in [0, 0.1) is 0 Å². The van der Waals surface area contributed by atoms with Crippen LogP contribution in [-0.4, -0.2) is 69.0 Å². The number of benzene rings is 2. The average Bonchev–Trinajstić information content (AvgIpc) is 3.36. The molecule has 33 heavy (non-hydrogen) atoms. The first-order valence-electron chi connectivity index (χ1n) is 11.6. The Morgan fingerprint density at radius 1 is 1.03 bits per heavy atom. The van der Waals surface area contributed by atoms with Crippen LogP contribution in [0.5, 0.6) is 5.75 Å². The van der Waals surface area contributed by atoms with E-state index in [1.165, 1.54) is 4.31 Å². The molecule has 2 heterocycles. The van der Waals surface area contributed by atoms with Crippen molar-refractivity contribution < 1.29 is 22.7 Å². The molecule has 1 atom stereocenters. The molecule has 7 nitrogen and oxygen atoms in total. The molecule has 178 valence electrons. The lowest BCUT2D eigenvalue weighted by Crippen LogP contribution is -2.50. The highest BCUT2D eigenvalue weighted by Crippen LogP contribution is 2.22. The van der Waals surface area contributed by atoms with Gasteiger partial charge in [-0.2, -0.15) is 4.31 Å². The zero-order chi connectivity index (χ0) is 23.4. The summed E-state index contributed by atoms with van der Waals surface area (Å²) >= 11 is 0. The summed E-state index contributed by atoms with van der Waals surface area (Å²) in [5.74, 6) is 0.957. The summed E-state index contributed by atoms with van der Waals surface area (Å²) in [4.78, 5) is 14.9. The van der Waals surface area contributed by atoms with Crippen molar-refractivity contribution in [1.82, 2.24) is 9.21 Å². The van der Waals surface area contributed by atoms with Crippen LogP contribution < -0.4 is 4.74 Å². The van der Waals surface area contributed by atoms with Gasteiger partial charge in [0.2, 0.25) is 10.0 Å². The molecule has 2 aromatic rings. The van der Waals surface area contributed by atoms with E-state index in [0.717, 1.165) is 25.0 Å². The van der Waals surface area contributed by atoms with Gasteiger partial charge in [-0.25, -0.2) is 8.42 Å². The number of amides is 1. The van der Waals surface area contributed by atoms with Gasteiger partial charge in [-0.05, 0) is 60.7 Å². The van der Waals surface area contributed by atoms with Crippen molar-refractivity contribution in [3.05, 3.63) is 59.7 Å². The second kappa shape index (κ2) is 10.2. The Balaban J connectivity index is 1.31. The predicted octanol–water partition coefficient (Wildman–Crippen LogP) is 3.51. The third-order valence-electron chi connectivity index (χ3n) is 6.27. The molecule has 4 rings (SSSR count). The highest BCUT2D eigenvalue weighted by Gasteiger charge is 2.30. The molecule has 0 saturated carbocycles. The van der Waals surface area contributed by atoms with Crippen molar-refractivity contribution >= 4 is 15.9 Å². The average molecular weight is 473 g/mol. The summed E-state index contributed by atoms with van der Waals surface area (Å²) in [6.07, 6.45) is 2.23. The van der Waals surface area contributed by atoms with Crippen LogP contribution in [-0.2, 0) is 14.8 Å². The second-order valence-corrected chi connectivity index (χ2v) is 10.8. The molecule has 2 aliphatic rings. The van der Waals surface area contributed by atoms with Crippen LogP contribution in [0.4, 0.5) is 0 Å². The third-order valence-corrected chi connectivity index (χ3v) is 8.18. The minimum absolute atomic E-state index is 0.0981. The Bertz CT molecular complexity index is 1040. The monoisotopic (exact) mass is 472 g/mol. The van der Waals surface area contributed by atoms with Crippen molar-refractivity contribution in [2.45, 2.75) is 43.6 Å². The molecule has 2 saturated heterocycles. The molecular formula is C25H32N2O5S. The maximum atomic E-state index is 13.0. The van der Waals surface area contributed by atoms with E-state index in [1.807, 2.05) is 12.1 Å². The van der Waals surface area contributed by atoms with Crippen LogP contribution in [0.25, 0.3) is 0 Å². The molecule has 2 aliphatic heterocycles. The van der Waals surface area contributed by atoms with E-state index < -0.39 is 10.0 Å². The highest BCUT2D eigenvalue weighted by atomic mass is 32.2. The van der Waals surface area contributed by atoms with Gasteiger partial charge in [0.1, 0.15) is 12.4 Å².